The van der Waals surface area contributed by atoms with E-state index in [0.717, 1.165) is 48.9 Å². The second kappa shape index (κ2) is 9.46. The number of piperidine rings is 1. The molecule has 1 aromatic carbocycles. The van der Waals surface area contributed by atoms with E-state index in [-0.39, 0.29) is 35.0 Å². The number of amides is 1. The lowest BCUT2D eigenvalue weighted by Gasteiger charge is -2.49. The summed E-state index contributed by atoms with van der Waals surface area (Å²) in [6.45, 7) is 22.6. The van der Waals surface area contributed by atoms with E-state index in [1.807, 2.05) is 19.9 Å². The zero-order valence-corrected chi connectivity index (χ0v) is 22.4. The summed E-state index contributed by atoms with van der Waals surface area (Å²) >= 11 is 0. The summed E-state index contributed by atoms with van der Waals surface area (Å²) in [6, 6.07) is 6.47. The first-order chi connectivity index (χ1) is 14.5. The molecule has 1 aliphatic rings. The maximum absolute atomic E-state index is 14.1. The largest absolute Gasteiger partial charge is 0.395 e. The Labute approximate surface area is 197 Å². The SMILES string of the molecule is CCCCN(C(=O)c1cc(C(C)(C)C)cc(C(C)(C)CO)c1)C1CC(C)(C)NC(C)(C)C1. The molecule has 0 bridgehead atoms. The van der Waals surface area contributed by atoms with Crippen molar-refractivity contribution in [3.63, 3.8) is 0 Å². The summed E-state index contributed by atoms with van der Waals surface area (Å²) in [6.07, 6.45) is 3.95. The highest BCUT2D eigenvalue weighted by molar-refractivity contribution is 5.95. The lowest BCUT2D eigenvalue weighted by Crippen LogP contribution is -2.62. The monoisotopic (exact) mass is 444 g/mol. The number of nitrogens with zero attached hydrogens (tertiary/aromatic N) is 1. The van der Waals surface area contributed by atoms with E-state index in [9.17, 15) is 9.90 Å². The van der Waals surface area contributed by atoms with E-state index in [2.05, 4.69) is 77.7 Å². The Balaban J connectivity index is 2.54. The third-order valence-corrected chi connectivity index (χ3v) is 6.85. The molecule has 32 heavy (non-hydrogen) atoms. The first-order valence-electron chi connectivity index (χ1n) is 12.4. The van der Waals surface area contributed by atoms with E-state index >= 15 is 0 Å². The number of benzene rings is 1. The Kier molecular flexibility index (Phi) is 7.94. The summed E-state index contributed by atoms with van der Waals surface area (Å²) in [5.41, 5.74) is 2.40. The topological polar surface area (TPSA) is 52.6 Å². The van der Waals surface area contributed by atoms with Crippen molar-refractivity contribution < 1.29 is 9.90 Å². The molecule has 0 unspecified atom stereocenters. The molecule has 0 atom stereocenters. The van der Waals surface area contributed by atoms with Crippen LogP contribution in [0.1, 0.15) is 116 Å². The standard InChI is InChI=1S/C28H48N2O2/c1-11-12-13-30(23-17-27(7,8)29-28(9,10)18-23)24(32)20-14-21(25(2,3)4)16-22(15-20)26(5,6)19-31/h14-16,23,29,31H,11-13,17-19H2,1-10H3. The number of hydrogen-bond acceptors (Lipinski definition) is 3. The molecule has 4 heteroatoms. The fourth-order valence-electron chi connectivity index (χ4n) is 5.10. The maximum atomic E-state index is 14.1. The van der Waals surface area contributed by atoms with Crippen LogP contribution in [0.3, 0.4) is 0 Å². The van der Waals surface area contributed by atoms with E-state index in [1.54, 1.807) is 0 Å². The predicted molar refractivity (Wildman–Crippen MR) is 136 cm³/mol. The van der Waals surface area contributed by atoms with Gasteiger partial charge in [-0.2, -0.15) is 0 Å². The van der Waals surface area contributed by atoms with Crippen molar-refractivity contribution in [2.75, 3.05) is 13.2 Å². The quantitative estimate of drug-likeness (QED) is 0.558. The molecule has 1 aliphatic heterocycles. The Bertz CT molecular complexity index is 786. The van der Waals surface area contributed by atoms with Gasteiger partial charge in [0.15, 0.2) is 0 Å². The van der Waals surface area contributed by atoms with Crippen LogP contribution in [-0.2, 0) is 10.8 Å². The Morgan fingerprint density at radius 3 is 2.03 bits per heavy atom. The van der Waals surface area contributed by atoms with Gasteiger partial charge in [-0.25, -0.2) is 0 Å². The third-order valence-electron chi connectivity index (χ3n) is 6.85. The molecule has 0 saturated carbocycles. The lowest BCUT2D eigenvalue weighted by molar-refractivity contribution is 0.0441. The van der Waals surface area contributed by atoms with Gasteiger partial charge in [0.25, 0.3) is 5.91 Å². The van der Waals surface area contributed by atoms with Gasteiger partial charge in [-0.3, -0.25) is 4.79 Å². The van der Waals surface area contributed by atoms with Gasteiger partial charge in [0, 0.05) is 34.6 Å². The van der Waals surface area contributed by atoms with Crippen molar-refractivity contribution in [3.8, 4) is 0 Å². The first kappa shape index (κ1) is 26.9. The molecule has 0 aliphatic carbocycles. The highest BCUT2D eigenvalue weighted by Gasteiger charge is 2.41. The molecule has 1 fully saturated rings. The number of hydrogen-bond donors (Lipinski definition) is 2. The van der Waals surface area contributed by atoms with Gasteiger partial charge < -0.3 is 15.3 Å². The number of carbonyl (C=O) groups excluding carboxylic acids is 1. The molecule has 2 N–H and O–H groups in total. The molecular formula is C28H48N2O2. The van der Waals surface area contributed by atoms with Gasteiger partial charge in [-0.15, -0.1) is 0 Å². The van der Waals surface area contributed by atoms with Gasteiger partial charge >= 0.3 is 0 Å². The lowest BCUT2D eigenvalue weighted by atomic mass is 9.78. The van der Waals surface area contributed by atoms with Crippen molar-refractivity contribution in [1.82, 2.24) is 10.2 Å². The van der Waals surface area contributed by atoms with Crippen LogP contribution in [0.5, 0.6) is 0 Å². The van der Waals surface area contributed by atoms with Crippen LogP contribution in [0.2, 0.25) is 0 Å². The third kappa shape index (κ3) is 6.57. The predicted octanol–water partition coefficient (Wildman–Crippen LogP) is 5.81. The molecule has 1 amide bonds. The molecular weight excluding hydrogens is 396 g/mol. The van der Waals surface area contributed by atoms with Gasteiger partial charge in [-0.05, 0) is 75.6 Å². The van der Waals surface area contributed by atoms with E-state index < -0.39 is 5.41 Å². The summed E-state index contributed by atoms with van der Waals surface area (Å²) in [4.78, 5) is 16.2. The zero-order valence-electron chi connectivity index (χ0n) is 22.4. The fourth-order valence-corrected chi connectivity index (χ4v) is 5.10. The molecule has 0 radical (unpaired) electrons. The van der Waals surface area contributed by atoms with Crippen LogP contribution in [0.15, 0.2) is 18.2 Å². The summed E-state index contributed by atoms with van der Waals surface area (Å²) < 4.78 is 0. The molecule has 1 aromatic rings. The van der Waals surface area contributed by atoms with Gasteiger partial charge in [0.1, 0.15) is 0 Å². The number of rotatable bonds is 7. The van der Waals surface area contributed by atoms with E-state index in [0.29, 0.717) is 0 Å². The highest BCUT2D eigenvalue weighted by atomic mass is 16.3. The number of aliphatic hydroxyl groups excluding tert-OH is 1. The minimum atomic E-state index is -0.400. The molecule has 1 saturated heterocycles. The Hall–Kier alpha value is -1.39. The van der Waals surface area contributed by atoms with Crippen molar-refractivity contribution in [2.45, 2.75) is 123 Å². The molecule has 182 valence electrons. The van der Waals surface area contributed by atoms with Crippen molar-refractivity contribution in [3.05, 3.63) is 34.9 Å². The Morgan fingerprint density at radius 1 is 1.03 bits per heavy atom. The van der Waals surface area contributed by atoms with Gasteiger partial charge in [-0.1, -0.05) is 54.0 Å². The van der Waals surface area contributed by atoms with Crippen LogP contribution in [-0.4, -0.2) is 46.2 Å². The van der Waals surface area contributed by atoms with Crippen LogP contribution < -0.4 is 5.32 Å². The number of nitrogens with one attached hydrogen (secondary N) is 1. The normalized spacial score (nSPS) is 19.1. The molecule has 2 rings (SSSR count). The minimum Gasteiger partial charge on any atom is -0.395 e. The van der Waals surface area contributed by atoms with Crippen molar-refractivity contribution in [2.24, 2.45) is 0 Å². The van der Waals surface area contributed by atoms with E-state index in [4.69, 9.17) is 0 Å². The molecule has 0 aromatic heterocycles. The highest BCUT2D eigenvalue weighted by Crippen LogP contribution is 2.34. The summed E-state index contributed by atoms with van der Waals surface area (Å²) in [5, 5.41) is 13.8. The Morgan fingerprint density at radius 2 is 1.56 bits per heavy atom. The van der Waals surface area contributed by atoms with Crippen LogP contribution in [0, 0.1) is 0 Å². The van der Waals surface area contributed by atoms with Crippen LogP contribution in [0.4, 0.5) is 0 Å². The maximum Gasteiger partial charge on any atom is 0.254 e. The van der Waals surface area contributed by atoms with Crippen molar-refractivity contribution in [1.29, 1.82) is 0 Å². The minimum absolute atomic E-state index is 0.0194. The van der Waals surface area contributed by atoms with E-state index in [1.165, 1.54) is 0 Å². The second-order valence-corrected chi connectivity index (χ2v) is 12.9. The summed E-state index contributed by atoms with van der Waals surface area (Å²) in [7, 11) is 0. The van der Waals surface area contributed by atoms with Crippen LogP contribution >= 0.6 is 0 Å². The number of carbonyl (C=O) groups is 1. The molecule has 1 heterocycles. The average molecular weight is 445 g/mol. The molecule has 0 spiro atoms. The fraction of sp³-hybridized carbons (Fsp3) is 0.750. The van der Waals surface area contributed by atoms with Gasteiger partial charge in [0.2, 0.25) is 0 Å². The average Bonchev–Trinajstić information content (AvgIpc) is 2.64. The van der Waals surface area contributed by atoms with Crippen molar-refractivity contribution >= 4 is 5.91 Å². The second-order valence-electron chi connectivity index (χ2n) is 12.9. The number of unbranched alkanes of at least 4 members (excludes halogenated alkanes) is 1. The molecule has 4 nitrogen and oxygen atoms in total. The first-order valence-corrected chi connectivity index (χ1v) is 12.4. The van der Waals surface area contributed by atoms with Crippen LogP contribution in [0.25, 0.3) is 0 Å². The number of aliphatic hydroxyl groups is 1. The smallest absolute Gasteiger partial charge is 0.254 e. The zero-order chi connectivity index (χ0) is 24.5. The summed E-state index contributed by atoms with van der Waals surface area (Å²) in [5.74, 6) is 0.123. The van der Waals surface area contributed by atoms with Gasteiger partial charge in [0.05, 0.1) is 6.61 Å².